The molecule has 4 rings (SSSR count). The molecule has 1 aromatic heterocycles. The van der Waals surface area contributed by atoms with Crippen molar-refractivity contribution in [2.45, 2.75) is 32.2 Å². The standard InChI is InChI=1S/C20H22N4.CH4/c1-3-7-17(8-4-1)15-24-13-11-20(12-14-24,19-21-16-22-23-19)18-9-5-2-6-10-18;/h1-10,16H,11-15H2,(H,21,22,23);1H4. The molecule has 25 heavy (non-hydrogen) atoms. The normalized spacial score (nSPS) is 17.0. The van der Waals surface area contributed by atoms with Crippen molar-refractivity contribution in [2.75, 3.05) is 13.1 Å². The molecule has 1 saturated heterocycles. The van der Waals surface area contributed by atoms with Crippen LogP contribution in [-0.4, -0.2) is 33.2 Å². The summed E-state index contributed by atoms with van der Waals surface area (Å²) in [6, 6.07) is 21.4. The van der Waals surface area contributed by atoms with Gasteiger partial charge >= 0.3 is 0 Å². The minimum atomic E-state index is -0.0506. The zero-order chi connectivity index (χ0) is 16.2. The predicted octanol–water partition coefficient (Wildman–Crippen LogP) is 4.02. The molecule has 4 nitrogen and oxygen atoms in total. The highest BCUT2D eigenvalue weighted by Gasteiger charge is 2.40. The summed E-state index contributed by atoms with van der Waals surface area (Å²) in [5, 5.41) is 7.24. The minimum Gasteiger partial charge on any atom is -0.299 e. The Bertz CT molecular complexity index is 745. The fourth-order valence-electron chi connectivity index (χ4n) is 3.79. The molecule has 1 fully saturated rings. The van der Waals surface area contributed by atoms with Crippen molar-refractivity contribution in [1.29, 1.82) is 0 Å². The van der Waals surface area contributed by atoms with E-state index >= 15 is 0 Å². The summed E-state index contributed by atoms with van der Waals surface area (Å²) in [7, 11) is 0. The molecule has 4 heteroatoms. The lowest BCUT2D eigenvalue weighted by Gasteiger charge is -2.41. The number of aromatic nitrogens is 3. The number of rotatable bonds is 4. The quantitative estimate of drug-likeness (QED) is 0.784. The average molecular weight is 334 g/mol. The Labute approximate surface area is 149 Å². The molecule has 1 aliphatic heterocycles. The summed E-state index contributed by atoms with van der Waals surface area (Å²) >= 11 is 0. The summed E-state index contributed by atoms with van der Waals surface area (Å²) in [5.41, 5.74) is 2.66. The first-order valence-electron chi connectivity index (χ1n) is 8.54. The molecular formula is C21H26N4. The summed E-state index contributed by atoms with van der Waals surface area (Å²) < 4.78 is 0. The minimum absolute atomic E-state index is 0. The third-order valence-corrected chi connectivity index (χ3v) is 5.15. The zero-order valence-electron chi connectivity index (χ0n) is 13.7. The van der Waals surface area contributed by atoms with E-state index in [1.165, 1.54) is 11.1 Å². The Balaban J connectivity index is 0.00000182. The Kier molecular flexibility index (Phi) is 5.29. The maximum atomic E-state index is 4.51. The lowest BCUT2D eigenvalue weighted by Crippen LogP contribution is -2.43. The van der Waals surface area contributed by atoms with Gasteiger partial charge in [-0.05, 0) is 37.1 Å². The van der Waals surface area contributed by atoms with Gasteiger partial charge in [-0.25, -0.2) is 4.98 Å². The van der Waals surface area contributed by atoms with Gasteiger partial charge in [-0.3, -0.25) is 10.00 Å². The van der Waals surface area contributed by atoms with Crippen LogP contribution in [0.2, 0.25) is 0 Å². The first-order chi connectivity index (χ1) is 11.9. The van der Waals surface area contributed by atoms with Crippen molar-refractivity contribution >= 4 is 0 Å². The zero-order valence-corrected chi connectivity index (χ0v) is 13.7. The van der Waals surface area contributed by atoms with E-state index < -0.39 is 0 Å². The van der Waals surface area contributed by atoms with Crippen LogP contribution in [0.5, 0.6) is 0 Å². The van der Waals surface area contributed by atoms with Crippen molar-refractivity contribution < 1.29 is 0 Å². The van der Waals surface area contributed by atoms with E-state index in [2.05, 4.69) is 80.7 Å². The van der Waals surface area contributed by atoms with Gasteiger partial charge in [-0.1, -0.05) is 68.1 Å². The van der Waals surface area contributed by atoms with Crippen molar-refractivity contribution in [3.05, 3.63) is 83.9 Å². The van der Waals surface area contributed by atoms with Crippen LogP contribution in [0.3, 0.4) is 0 Å². The van der Waals surface area contributed by atoms with Crippen LogP contribution in [0.4, 0.5) is 0 Å². The van der Waals surface area contributed by atoms with Gasteiger partial charge in [0.05, 0.1) is 5.41 Å². The third kappa shape index (κ3) is 3.49. The van der Waals surface area contributed by atoms with Gasteiger partial charge in [0.15, 0.2) is 0 Å². The first-order valence-corrected chi connectivity index (χ1v) is 8.54. The first kappa shape index (κ1) is 17.4. The summed E-state index contributed by atoms with van der Waals surface area (Å²) in [6.07, 6.45) is 3.73. The molecule has 3 aromatic rings. The lowest BCUT2D eigenvalue weighted by molar-refractivity contribution is 0.168. The van der Waals surface area contributed by atoms with Gasteiger partial charge in [-0.2, -0.15) is 5.10 Å². The molecule has 0 saturated carbocycles. The largest absolute Gasteiger partial charge is 0.299 e. The fraction of sp³-hybridized carbons (Fsp3) is 0.333. The van der Waals surface area contributed by atoms with Crippen LogP contribution in [0, 0.1) is 0 Å². The Morgan fingerprint density at radius 3 is 2.16 bits per heavy atom. The van der Waals surface area contributed by atoms with Crippen LogP contribution in [0.15, 0.2) is 67.0 Å². The molecular weight excluding hydrogens is 308 g/mol. The van der Waals surface area contributed by atoms with Crippen molar-refractivity contribution in [2.24, 2.45) is 0 Å². The van der Waals surface area contributed by atoms with Gasteiger partial charge in [0, 0.05) is 6.54 Å². The topological polar surface area (TPSA) is 44.8 Å². The van der Waals surface area contributed by atoms with Gasteiger partial charge < -0.3 is 0 Å². The molecule has 2 heterocycles. The number of hydrogen-bond acceptors (Lipinski definition) is 3. The van der Waals surface area contributed by atoms with Crippen molar-refractivity contribution in [3.63, 3.8) is 0 Å². The molecule has 0 bridgehead atoms. The molecule has 0 spiro atoms. The van der Waals surface area contributed by atoms with Gasteiger partial charge in [0.2, 0.25) is 0 Å². The SMILES string of the molecule is C.c1ccc(CN2CCC(c3ccccc3)(c3ncn[nH]3)CC2)cc1. The lowest BCUT2D eigenvalue weighted by atomic mass is 9.72. The Hall–Kier alpha value is -2.46. The molecule has 130 valence electrons. The summed E-state index contributed by atoms with van der Waals surface area (Å²) in [4.78, 5) is 7.05. The molecule has 0 atom stereocenters. The van der Waals surface area contributed by atoms with Crippen LogP contribution in [0.1, 0.15) is 37.2 Å². The number of hydrogen-bond donors (Lipinski definition) is 1. The second-order valence-corrected chi connectivity index (χ2v) is 6.54. The number of likely N-dealkylation sites (tertiary alicyclic amines) is 1. The number of nitrogens with zero attached hydrogens (tertiary/aromatic N) is 3. The maximum Gasteiger partial charge on any atom is 0.137 e. The predicted molar refractivity (Wildman–Crippen MR) is 101 cm³/mol. The number of H-pyrrole nitrogens is 1. The van der Waals surface area contributed by atoms with Crippen LogP contribution >= 0.6 is 0 Å². The average Bonchev–Trinajstić information content (AvgIpc) is 3.19. The fourth-order valence-corrected chi connectivity index (χ4v) is 3.79. The Morgan fingerprint density at radius 2 is 1.56 bits per heavy atom. The molecule has 1 aliphatic rings. The van der Waals surface area contributed by atoms with Crippen LogP contribution in [-0.2, 0) is 12.0 Å². The second kappa shape index (κ2) is 7.62. The van der Waals surface area contributed by atoms with Gasteiger partial charge in [0.1, 0.15) is 12.2 Å². The van der Waals surface area contributed by atoms with Crippen LogP contribution in [0.25, 0.3) is 0 Å². The highest BCUT2D eigenvalue weighted by molar-refractivity contribution is 5.33. The highest BCUT2D eigenvalue weighted by Crippen LogP contribution is 2.40. The monoisotopic (exact) mass is 334 g/mol. The van der Waals surface area contributed by atoms with Crippen molar-refractivity contribution in [1.82, 2.24) is 20.1 Å². The molecule has 0 aliphatic carbocycles. The summed E-state index contributed by atoms with van der Waals surface area (Å²) in [6.45, 7) is 3.14. The molecule has 1 N–H and O–H groups in total. The van der Waals surface area contributed by atoms with E-state index in [1.54, 1.807) is 6.33 Å². The van der Waals surface area contributed by atoms with Gasteiger partial charge in [-0.15, -0.1) is 0 Å². The van der Waals surface area contributed by atoms with E-state index in [4.69, 9.17) is 0 Å². The second-order valence-electron chi connectivity index (χ2n) is 6.54. The maximum absolute atomic E-state index is 4.51. The number of nitrogens with one attached hydrogen (secondary N) is 1. The van der Waals surface area contributed by atoms with Crippen molar-refractivity contribution in [3.8, 4) is 0 Å². The van der Waals surface area contributed by atoms with E-state index in [0.29, 0.717) is 0 Å². The van der Waals surface area contributed by atoms with Crippen LogP contribution < -0.4 is 0 Å². The molecule has 2 aromatic carbocycles. The number of piperidine rings is 1. The summed E-state index contributed by atoms with van der Waals surface area (Å²) in [5.74, 6) is 0.994. The van der Waals surface area contributed by atoms with E-state index in [9.17, 15) is 0 Å². The highest BCUT2D eigenvalue weighted by atomic mass is 15.2. The number of aromatic amines is 1. The molecule has 0 amide bonds. The smallest absolute Gasteiger partial charge is 0.137 e. The van der Waals surface area contributed by atoms with E-state index in [0.717, 1.165) is 38.3 Å². The van der Waals surface area contributed by atoms with Gasteiger partial charge in [0.25, 0.3) is 0 Å². The number of benzene rings is 2. The Morgan fingerprint density at radius 1 is 0.920 bits per heavy atom. The third-order valence-electron chi connectivity index (χ3n) is 5.15. The molecule has 0 unspecified atom stereocenters. The van der Waals surface area contributed by atoms with E-state index in [-0.39, 0.29) is 12.8 Å². The molecule has 0 radical (unpaired) electrons. The van der Waals surface area contributed by atoms with E-state index in [1.807, 2.05) is 0 Å².